The predicted octanol–water partition coefficient (Wildman–Crippen LogP) is 5.61. The second kappa shape index (κ2) is 15.4. The molecule has 2 N–H and O–H groups in total. The third kappa shape index (κ3) is 10.0. The normalized spacial score (nSPS) is 15.7. The average molecular weight is 541 g/mol. The minimum Gasteiger partial charge on any atom is -0.326 e. The molecule has 38 heavy (non-hydrogen) atoms. The summed E-state index contributed by atoms with van der Waals surface area (Å²) in [6, 6.07) is 15.1. The molecule has 0 heterocycles. The van der Waals surface area contributed by atoms with Crippen LogP contribution < -0.4 is 10.7 Å². The highest BCUT2D eigenvalue weighted by atomic mass is 32.2. The first kappa shape index (κ1) is 29.5. The van der Waals surface area contributed by atoms with Gasteiger partial charge in [-0.05, 0) is 55.5 Å². The lowest BCUT2D eigenvalue weighted by atomic mass is 10.00. The number of carbonyl (C=O) groups is 2. The fourth-order valence-corrected chi connectivity index (χ4v) is 5.93. The number of hydrazone groups is 1. The summed E-state index contributed by atoms with van der Waals surface area (Å²) >= 11 is 0. The third-order valence-corrected chi connectivity index (χ3v) is 8.41. The molecule has 0 spiro atoms. The zero-order chi connectivity index (χ0) is 27.2. The topological polar surface area (TPSA) is 108 Å². The van der Waals surface area contributed by atoms with Gasteiger partial charge in [0.25, 0.3) is 5.91 Å². The fraction of sp³-hybridized carbons (Fsp3) is 0.483. The van der Waals surface area contributed by atoms with E-state index < -0.39 is 15.9 Å². The fourth-order valence-electron chi connectivity index (χ4n) is 4.54. The Bertz CT molecular complexity index is 1150. The third-order valence-electron chi connectivity index (χ3n) is 6.60. The van der Waals surface area contributed by atoms with Gasteiger partial charge in [0.1, 0.15) is 0 Å². The van der Waals surface area contributed by atoms with Crippen molar-refractivity contribution < 1.29 is 18.0 Å². The molecule has 3 rings (SSSR count). The molecule has 0 bridgehead atoms. The summed E-state index contributed by atoms with van der Waals surface area (Å²) in [7, 11) is -4.00. The van der Waals surface area contributed by atoms with Gasteiger partial charge < -0.3 is 5.32 Å². The van der Waals surface area contributed by atoms with Crippen LogP contribution in [0.25, 0.3) is 0 Å². The van der Waals surface area contributed by atoms with E-state index in [0.29, 0.717) is 5.69 Å². The van der Waals surface area contributed by atoms with Crippen molar-refractivity contribution >= 4 is 33.2 Å². The summed E-state index contributed by atoms with van der Waals surface area (Å²) in [5.41, 5.74) is 4.87. The van der Waals surface area contributed by atoms with E-state index in [1.165, 1.54) is 63.3 Å². The zero-order valence-electron chi connectivity index (χ0n) is 22.3. The molecule has 1 aliphatic carbocycles. The average Bonchev–Trinajstić information content (AvgIpc) is 2.88. The minimum absolute atomic E-state index is 0.0423. The first-order chi connectivity index (χ1) is 18.3. The SMILES string of the molecule is CC(=O)Nc1ccc(S(=O)(=O)N(CC(=O)NN=C2CCCCCCCCCCC2)Cc2ccccc2)cc1. The Balaban J connectivity index is 1.73. The number of nitrogens with zero attached hydrogens (tertiary/aromatic N) is 2. The van der Waals surface area contributed by atoms with E-state index in [2.05, 4.69) is 15.8 Å². The molecule has 0 saturated heterocycles. The highest BCUT2D eigenvalue weighted by Crippen LogP contribution is 2.21. The lowest BCUT2D eigenvalue weighted by Gasteiger charge is -2.22. The van der Waals surface area contributed by atoms with Crippen LogP contribution in [0.15, 0.2) is 64.6 Å². The molecule has 1 saturated carbocycles. The van der Waals surface area contributed by atoms with Gasteiger partial charge in [-0.15, -0.1) is 0 Å². The molecule has 1 aliphatic rings. The van der Waals surface area contributed by atoms with Gasteiger partial charge >= 0.3 is 0 Å². The van der Waals surface area contributed by atoms with Crippen LogP contribution in [0, 0.1) is 0 Å². The maximum atomic E-state index is 13.5. The molecule has 0 unspecified atom stereocenters. The number of hydrogen-bond donors (Lipinski definition) is 2. The van der Waals surface area contributed by atoms with E-state index in [1.807, 2.05) is 30.3 Å². The van der Waals surface area contributed by atoms with Crippen molar-refractivity contribution in [3.05, 3.63) is 60.2 Å². The standard InChI is InChI=1S/C29H40N4O4S/c1-24(34)30-26-18-20-28(21-19-26)38(36,37)33(22-25-14-10-9-11-15-25)23-29(35)32-31-27-16-12-7-5-3-2-4-6-8-13-17-27/h9-11,14-15,18-21H,2-8,12-13,16-17,22-23H2,1H3,(H,30,34)(H,32,35). The molecule has 2 aromatic rings. The van der Waals surface area contributed by atoms with Crippen LogP contribution in [-0.4, -0.2) is 36.8 Å². The van der Waals surface area contributed by atoms with Crippen molar-refractivity contribution in [1.29, 1.82) is 0 Å². The monoisotopic (exact) mass is 540 g/mol. The molecule has 0 radical (unpaired) electrons. The van der Waals surface area contributed by atoms with E-state index in [4.69, 9.17) is 0 Å². The number of hydrogen-bond acceptors (Lipinski definition) is 5. The van der Waals surface area contributed by atoms with Gasteiger partial charge in [-0.1, -0.05) is 75.3 Å². The largest absolute Gasteiger partial charge is 0.326 e. The van der Waals surface area contributed by atoms with Gasteiger partial charge in [-0.2, -0.15) is 9.41 Å². The van der Waals surface area contributed by atoms with Gasteiger partial charge in [0.2, 0.25) is 15.9 Å². The summed E-state index contributed by atoms with van der Waals surface area (Å²) in [6.45, 7) is 1.07. The smallest absolute Gasteiger partial charge is 0.255 e. The maximum Gasteiger partial charge on any atom is 0.255 e. The van der Waals surface area contributed by atoms with E-state index in [9.17, 15) is 18.0 Å². The van der Waals surface area contributed by atoms with E-state index in [-0.39, 0.29) is 23.9 Å². The lowest BCUT2D eigenvalue weighted by molar-refractivity contribution is -0.121. The highest BCUT2D eigenvalue weighted by Gasteiger charge is 2.27. The summed E-state index contributed by atoms with van der Waals surface area (Å²) < 4.78 is 28.3. The van der Waals surface area contributed by atoms with Crippen LogP contribution in [0.4, 0.5) is 5.69 Å². The van der Waals surface area contributed by atoms with Gasteiger partial charge in [0, 0.05) is 24.9 Å². The number of benzene rings is 2. The first-order valence-corrected chi connectivity index (χ1v) is 15.0. The molecule has 0 aliphatic heterocycles. The van der Waals surface area contributed by atoms with Crippen LogP contribution in [0.5, 0.6) is 0 Å². The molecular weight excluding hydrogens is 500 g/mol. The van der Waals surface area contributed by atoms with Crippen molar-refractivity contribution in [3.8, 4) is 0 Å². The van der Waals surface area contributed by atoms with Crippen LogP contribution in [0.1, 0.15) is 83.1 Å². The van der Waals surface area contributed by atoms with E-state index in [0.717, 1.165) is 54.1 Å². The lowest BCUT2D eigenvalue weighted by Crippen LogP contribution is -2.39. The Labute approximate surface area is 226 Å². The van der Waals surface area contributed by atoms with Crippen molar-refractivity contribution in [2.24, 2.45) is 5.10 Å². The van der Waals surface area contributed by atoms with Crippen molar-refractivity contribution in [1.82, 2.24) is 9.73 Å². The van der Waals surface area contributed by atoms with Gasteiger partial charge in [0.15, 0.2) is 0 Å². The molecule has 2 amide bonds. The summed E-state index contributed by atoms with van der Waals surface area (Å²) in [5.74, 6) is -0.718. The maximum absolute atomic E-state index is 13.5. The quantitative estimate of drug-likeness (QED) is 0.424. The Morgan fingerprint density at radius 3 is 1.92 bits per heavy atom. The van der Waals surface area contributed by atoms with E-state index >= 15 is 0 Å². The first-order valence-electron chi connectivity index (χ1n) is 13.6. The van der Waals surface area contributed by atoms with Gasteiger partial charge in [-0.25, -0.2) is 13.8 Å². The van der Waals surface area contributed by atoms with E-state index in [1.54, 1.807) is 0 Å². The van der Waals surface area contributed by atoms with Crippen LogP contribution >= 0.6 is 0 Å². The van der Waals surface area contributed by atoms with Gasteiger partial charge in [-0.3, -0.25) is 9.59 Å². The summed E-state index contributed by atoms with van der Waals surface area (Å²) in [5, 5.41) is 7.05. The summed E-state index contributed by atoms with van der Waals surface area (Å²) in [6.07, 6.45) is 12.5. The van der Waals surface area contributed by atoms with Gasteiger partial charge in [0.05, 0.1) is 11.4 Å². The molecule has 2 aromatic carbocycles. The second-order valence-electron chi connectivity index (χ2n) is 9.86. The molecule has 0 atom stereocenters. The predicted molar refractivity (Wildman–Crippen MR) is 151 cm³/mol. The zero-order valence-corrected chi connectivity index (χ0v) is 23.1. The second-order valence-corrected chi connectivity index (χ2v) is 11.8. The Morgan fingerprint density at radius 1 is 0.816 bits per heavy atom. The number of carbonyl (C=O) groups excluding carboxylic acids is 2. The molecule has 9 heteroatoms. The molecule has 1 fully saturated rings. The Morgan fingerprint density at radius 2 is 1.37 bits per heavy atom. The molecule has 0 aromatic heterocycles. The minimum atomic E-state index is -4.00. The number of rotatable bonds is 8. The summed E-state index contributed by atoms with van der Waals surface area (Å²) in [4.78, 5) is 24.3. The Hall–Kier alpha value is -3.04. The molecule has 206 valence electrons. The van der Waals surface area contributed by atoms with Crippen molar-refractivity contribution in [2.45, 2.75) is 89.0 Å². The van der Waals surface area contributed by atoms with Crippen LogP contribution in [0.2, 0.25) is 0 Å². The molecular formula is C29H40N4O4S. The number of anilines is 1. The highest BCUT2D eigenvalue weighted by molar-refractivity contribution is 7.89. The van der Waals surface area contributed by atoms with Crippen molar-refractivity contribution in [2.75, 3.05) is 11.9 Å². The molecule has 8 nitrogen and oxygen atoms in total. The number of sulfonamides is 1. The Kier molecular flexibility index (Phi) is 12.0. The number of nitrogens with one attached hydrogen (secondary N) is 2. The van der Waals surface area contributed by atoms with Crippen LogP contribution in [-0.2, 0) is 26.2 Å². The van der Waals surface area contributed by atoms with Crippen molar-refractivity contribution in [3.63, 3.8) is 0 Å². The number of amides is 2. The van der Waals surface area contributed by atoms with Crippen LogP contribution in [0.3, 0.4) is 0 Å².